The average molecular weight is 377 g/mol. The highest BCUT2D eigenvalue weighted by molar-refractivity contribution is 8.00. The second-order valence-corrected chi connectivity index (χ2v) is 8.59. The van der Waals surface area contributed by atoms with Gasteiger partial charge in [0.2, 0.25) is 0 Å². The number of carbonyl (C=O) groups is 1. The van der Waals surface area contributed by atoms with Crippen molar-refractivity contribution in [3.63, 3.8) is 0 Å². The number of hydrogen-bond acceptors (Lipinski definition) is 5. The quantitative estimate of drug-likeness (QED) is 0.808. The predicted octanol–water partition coefficient (Wildman–Crippen LogP) is 2.23. The van der Waals surface area contributed by atoms with Gasteiger partial charge < -0.3 is 9.88 Å². The molecule has 2 aromatic rings. The summed E-state index contributed by atoms with van der Waals surface area (Å²) < 4.78 is 26.0. The van der Waals surface area contributed by atoms with Gasteiger partial charge in [0.25, 0.3) is 5.91 Å². The van der Waals surface area contributed by atoms with Crippen LogP contribution < -0.4 is 5.32 Å². The molecule has 8 heteroatoms. The second-order valence-electron chi connectivity index (χ2n) is 5.73. The molecule has 25 heavy (non-hydrogen) atoms. The summed E-state index contributed by atoms with van der Waals surface area (Å²) in [6, 6.07) is 6.73. The SMILES string of the molecule is CSc1ncc(CNC(=O)c2cccc(C3=CCCS3(=O)=O)c2)n1C. The molecule has 0 bridgehead atoms. The fraction of sp³-hybridized carbons (Fsp3) is 0.294. The lowest BCUT2D eigenvalue weighted by atomic mass is 10.1. The van der Waals surface area contributed by atoms with E-state index in [1.807, 2.05) is 17.9 Å². The fourth-order valence-corrected chi connectivity index (χ4v) is 4.80. The Balaban J connectivity index is 1.75. The maximum absolute atomic E-state index is 12.4. The van der Waals surface area contributed by atoms with Crippen LogP contribution in [0.4, 0.5) is 0 Å². The molecule has 2 heterocycles. The van der Waals surface area contributed by atoms with Crippen LogP contribution in [0.1, 0.15) is 28.0 Å². The van der Waals surface area contributed by atoms with E-state index in [9.17, 15) is 13.2 Å². The van der Waals surface area contributed by atoms with E-state index >= 15 is 0 Å². The van der Waals surface area contributed by atoms with E-state index < -0.39 is 9.84 Å². The largest absolute Gasteiger partial charge is 0.346 e. The van der Waals surface area contributed by atoms with Crippen LogP contribution in [0.25, 0.3) is 4.91 Å². The summed E-state index contributed by atoms with van der Waals surface area (Å²) in [6.07, 6.45) is 5.92. The van der Waals surface area contributed by atoms with Gasteiger partial charge in [-0.05, 0) is 30.4 Å². The first-order valence-electron chi connectivity index (χ1n) is 7.78. The highest BCUT2D eigenvalue weighted by Gasteiger charge is 2.24. The van der Waals surface area contributed by atoms with Gasteiger partial charge in [-0.25, -0.2) is 13.4 Å². The van der Waals surface area contributed by atoms with Crippen molar-refractivity contribution in [3.05, 3.63) is 53.4 Å². The highest BCUT2D eigenvalue weighted by Crippen LogP contribution is 2.28. The molecule has 0 atom stereocenters. The molecule has 0 fully saturated rings. The Bertz CT molecular complexity index is 946. The van der Waals surface area contributed by atoms with Crippen molar-refractivity contribution in [1.29, 1.82) is 0 Å². The lowest BCUT2D eigenvalue weighted by molar-refractivity contribution is 0.0950. The number of nitrogens with one attached hydrogen (secondary N) is 1. The van der Waals surface area contributed by atoms with E-state index in [-0.39, 0.29) is 11.7 Å². The molecule has 0 unspecified atom stereocenters. The van der Waals surface area contributed by atoms with Crippen LogP contribution in [0.3, 0.4) is 0 Å². The molecule has 0 saturated carbocycles. The van der Waals surface area contributed by atoms with E-state index in [0.29, 0.717) is 29.0 Å². The van der Waals surface area contributed by atoms with Crippen LogP contribution >= 0.6 is 11.8 Å². The van der Waals surface area contributed by atoms with Gasteiger partial charge in [-0.3, -0.25) is 4.79 Å². The van der Waals surface area contributed by atoms with Crippen LogP contribution in [-0.2, 0) is 23.4 Å². The molecule has 0 saturated heterocycles. The topological polar surface area (TPSA) is 81.1 Å². The highest BCUT2D eigenvalue weighted by atomic mass is 32.2. The fourth-order valence-electron chi connectivity index (χ4n) is 2.75. The summed E-state index contributed by atoms with van der Waals surface area (Å²) in [5.74, 6) is -0.110. The van der Waals surface area contributed by atoms with Crippen LogP contribution in [0.15, 0.2) is 41.7 Å². The van der Waals surface area contributed by atoms with Crippen LogP contribution in [0.5, 0.6) is 0 Å². The number of thioether (sulfide) groups is 1. The summed E-state index contributed by atoms with van der Waals surface area (Å²) in [7, 11) is -1.33. The van der Waals surface area contributed by atoms with Gasteiger partial charge in [-0.2, -0.15) is 0 Å². The van der Waals surface area contributed by atoms with Crippen molar-refractivity contribution in [2.45, 2.75) is 18.1 Å². The van der Waals surface area contributed by atoms with Gasteiger partial charge in [0.1, 0.15) is 0 Å². The molecule has 1 aromatic carbocycles. The second kappa shape index (κ2) is 7.05. The number of carbonyl (C=O) groups excluding carboxylic acids is 1. The summed E-state index contributed by atoms with van der Waals surface area (Å²) in [4.78, 5) is 17.0. The number of rotatable bonds is 5. The Labute approximate surface area is 151 Å². The normalized spacial score (nSPS) is 15.8. The van der Waals surface area contributed by atoms with Crippen LogP contribution in [0.2, 0.25) is 0 Å². The van der Waals surface area contributed by atoms with Gasteiger partial charge in [-0.1, -0.05) is 30.0 Å². The zero-order valence-corrected chi connectivity index (χ0v) is 15.7. The van der Waals surface area contributed by atoms with Gasteiger partial charge in [0, 0.05) is 12.6 Å². The van der Waals surface area contributed by atoms with Crippen molar-refractivity contribution in [3.8, 4) is 0 Å². The minimum absolute atomic E-state index is 0.136. The number of aromatic nitrogens is 2. The smallest absolute Gasteiger partial charge is 0.251 e. The Hall–Kier alpha value is -2.06. The molecule has 132 valence electrons. The van der Waals surface area contributed by atoms with Gasteiger partial charge in [0.05, 0.1) is 29.1 Å². The third-order valence-electron chi connectivity index (χ3n) is 4.12. The van der Waals surface area contributed by atoms with E-state index in [4.69, 9.17) is 0 Å². The van der Waals surface area contributed by atoms with Gasteiger partial charge in [-0.15, -0.1) is 0 Å². The lowest BCUT2D eigenvalue weighted by Crippen LogP contribution is -2.24. The summed E-state index contributed by atoms with van der Waals surface area (Å²) in [5, 5.41) is 3.73. The molecular weight excluding hydrogens is 358 g/mol. The number of hydrogen-bond donors (Lipinski definition) is 1. The molecule has 3 rings (SSSR count). The Morgan fingerprint density at radius 2 is 2.20 bits per heavy atom. The Morgan fingerprint density at radius 1 is 1.40 bits per heavy atom. The van der Waals surface area contributed by atoms with Crippen molar-refractivity contribution in [2.24, 2.45) is 7.05 Å². The standard InChI is InChI=1S/C17H19N3O3S2/c1-20-14(11-19-17(20)24-2)10-18-16(21)13-6-3-5-12(9-13)15-7-4-8-25(15,22)23/h3,5-7,9,11H,4,8,10H2,1-2H3,(H,18,21). The molecule has 0 radical (unpaired) electrons. The van der Waals surface area contributed by atoms with Crippen molar-refractivity contribution in [2.75, 3.05) is 12.0 Å². The maximum Gasteiger partial charge on any atom is 0.251 e. The first-order chi connectivity index (χ1) is 11.9. The zero-order valence-electron chi connectivity index (χ0n) is 14.0. The molecule has 6 nitrogen and oxygen atoms in total. The number of nitrogens with zero attached hydrogens (tertiary/aromatic N) is 2. The zero-order chi connectivity index (χ0) is 18.0. The van der Waals surface area contributed by atoms with Crippen LogP contribution in [0, 0.1) is 0 Å². The molecule has 1 aliphatic rings. The summed E-state index contributed by atoms with van der Waals surface area (Å²) in [5.41, 5.74) is 1.90. The van der Waals surface area contributed by atoms with E-state index in [2.05, 4.69) is 10.3 Å². The molecule has 1 amide bonds. The van der Waals surface area contributed by atoms with E-state index in [1.54, 1.807) is 36.5 Å². The first kappa shape index (κ1) is 17.8. The van der Waals surface area contributed by atoms with Crippen molar-refractivity contribution >= 4 is 32.4 Å². The average Bonchev–Trinajstić information content (AvgIpc) is 3.14. The predicted molar refractivity (Wildman–Crippen MR) is 99.0 cm³/mol. The molecule has 1 aliphatic heterocycles. The number of amides is 1. The molecule has 1 N–H and O–H groups in total. The lowest BCUT2D eigenvalue weighted by Gasteiger charge is -2.09. The van der Waals surface area contributed by atoms with Gasteiger partial charge >= 0.3 is 0 Å². The monoisotopic (exact) mass is 377 g/mol. The van der Waals surface area contributed by atoms with Crippen LogP contribution in [-0.4, -0.2) is 35.9 Å². The minimum Gasteiger partial charge on any atom is -0.346 e. The molecular formula is C17H19N3O3S2. The number of sulfone groups is 1. The minimum atomic E-state index is -3.23. The summed E-state index contributed by atoms with van der Waals surface area (Å²) in [6.45, 7) is 0.355. The number of benzene rings is 1. The third-order valence-corrected chi connectivity index (χ3v) is 6.71. The van der Waals surface area contributed by atoms with Gasteiger partial charge in [0.15, 0.2) is 15.0 Å². The molecule has 1 aromatic heterocycles. The Morgan fingerprint density at radius 3 is 2.84 bits per heavy atom. The van der Waals surface area contributed by atoms with E-state index in [1.165, 1.54) is 11.8 Å². The van der Waals surface area contributed by atoms with Crippen molar-refractivity contribution in [1.82, 2.24) is 14.9 Å². The van der Waals surface area contributed by atoms with Crippen molar-refractivity contribution < 1.29 is 13.2 Å². The first-order valence-corrected chi connectivity index (χ1v) is 10.7. The Kier molecular flexibility index (Phi) is 5.01. The number of allylic oxidation sites excluding steroid dienone is 1. The third kappa shape index (κ3) is 3.64. The molecule has 0 spiro atoms. The van der Waals surface area contributed by atoms with E-state index in [0.717, 1.165) is 10.9 Å². The number of imidazole rings is 1. The maximum atomic E-state index is 12.4. The molecule has 0 aliphatic carbocycles. The summed E-state index contributed by atoms with van der Waals surface area (Å²) >= 11 is 1.54.